The molecule has 7 rings (SSSR count). The van der Waals surface area contributed by atoms with Gasteiger partial charge in [0.05, 0.1) is 34.0 Å². The Hall–Kier alpha value is -3.25. The number of anilines is 1. The van der Waals surface area contributed by atoms with E-state index in [0.29, 0.717) is 24.3 Å². The van der Waals surface area contributed by atoms with Crippen LogP contribution in [0.1, 0.15) is 51.9 Å². The van der Waals surface area contributed by atoms with Crippen LogP contribution in [0.4, 0.5) is 5.69 Å². The summed E-state index contributed by atoms with van der Waals surface area (Å²) in [6.45, 7) is 2.24. The van der Waals surface area contributed by atoms with Crippen LogP contribution < -0.4 is 4.90 Å². The number of alkyl halides is 1. The maximum atomic E-state index is 14.0. The number of esters is 1. The smallest absolute Gasteiger partial charge is 0.338 e. The highest BCUT2D eigenvalue weighted by Crippen LogP contribution is 2.66. The van der Waals surface area contributed by atoms with Crippen LogP contribution in [-0.2, 0) is 18.7 Å². The van der Waals surface area contributed by atoms with Crippen LogP contribution in [0.3, 0.4) is 0 Å². The fourth-order valence-electron chi connectivity index (χ4n) is 5.98. The number of ether oxygens (including phenoxy) is 1. The molecule has 2 bridgehead atoms. The molecule has 6 heteroatoms. The van der Waals surface area contributed by atoms with Crippen LogP contribution in [0.25, 0.3) is 0 Å². The van der Waals surface area contributed by atoms with Crippen molar-refractivity contribution in [3.05, 3.63) is 101 Å². The zero-order valence-electron chi connectivity index (χ0n) is 18.5. The Labute approximate surface area is 205 Å². The fourth-order valence-corrected chi connectivity index (χ4v) is 7.19. The molecule has 3 aromatic carbocycles. The standard InChI is InChI=1S/C28H22BrNO4/c1-2-14-34-27(33)16-8-7-9-17(15-16)30-25(31)23-22-18-10-3-5-12-20(18)28(29,24(23)26(30)32)21-13-6-4-11-19(21)22/h3-13,15,22-24H,2,14H2,1H3/t22?,23-,24-,28?/m0/s1. The highest BCUT2D eigenvalue weighted by atomic mass is 79.9. The van der Waals surface area contributed by atoms with Crippen molar-refractivity contribution in [3.63, 3.8) is 0 Å². The van der Waals surface area contributed by atoms with Gasteiger partial charge in [-0.05, 0) is 46.9 Å². The Kier molecular flexibility index (Phi) is 4.78. The second-order valence-electron chi connectivity index (χ2n) is 9.07. The van der Waals surface area contributed by atoms with Gasteiger partial charge in [0.15, 0.2) is 0 Å². The molecule has 0 N–H and O–H groups in total. The summed E-state index contributed by atoms with van der Waals surface area (Å²) in [5, 5.41) is 0. The van der Waals surface area contributed by atoms with E-state index in [1.165, 1.54) is 4.90 Å². The van der Waals surface area contributed by atoms with Gasteiger partial charge in [-0.25, -0.2) is 9.69 Å². The molecule has 1 aliphatic heterocycles. The lowest BCUT2D eigenvalue weighted by Crippen LogP contribution is -2.50. The molecule has 2 amide bonds. The molecule has 1 heterocycles. The average molecular weight is 516 g/mol. The van der Waals surface area contributed by atoms with Gasteiger partial charge in [0.1, 0.15) is 0 Å². The summed E-state index contributed by atoms with van der Waals surface area (Å²) in [6.07, 6.45) is 0.716. The SMILES string of the molecule is CCCOC(=O)c1cccc(N2C(=O)[C@@H]3[C@@H](C2=O)C2c4ccccc4C3(Br)c3ccccc32)c1. The number of nitrogens with zero attached hydrogens (tertiary/aromatic N) is 1. The van der Waals surface area contributed by atoms with Gasteiger partial charge >= 0.3 is 5.97 Å². The molecule has 4 aliphatic rings. The van der Waals surface area contributed by atoms with Crippen molar-refractivity contribution < 1.29 is 19.1 Å². The number of imide groups is 1. The topological polar surface area (TPSA) is 63.7 Å². The van der Waals surface area contributed by atoms with Crippen LogP contribution in [-0.4, -0.2) is 24.4 Å². The largest absolute Gasteiger partial charge is 0.462 e. The third-order valence-corrected chi connectivity index (χ3v) is 8.64. The first-order chi connectivity index (χ1) is 16.5. The summed E-state index contributed by atoms with van der Waals surface area (Å²) in [5.74, 6) is -2.24. The number of carbonyl (C=O) groups is 3. The normalized spacial score (nSPS) is 26.2. The molecule has 0 radical (unpaired) electrons. The van der Waals surface area contributed by atoms with E-state index in [9.17, 15) is 14.4 Å². The average Bonchev–Trinajstić information content (AvgIpc) is 3.14. The Morgan fingerprint density at radius 1 is 0.941 bits per heavy atom. The van der Waals surface area contributed by atoms with E-state index >= 15 is 0 Å². The summed E-state index contributed by atoms with van der Waals surface area (Å²) in [5.41, 5.74) is 4.97. The lowest BCUT2D eigenvalue weighted by Gasteiger charge is -2.51. The van der Waals surface area contributed by atoms with E-state index in [1.807, 2.05) is 43.3 Å². The van der Waals surface area contributed by atoms with E-state index in [-0.39, 0.29) is 17.7 Å². The van der Waals surface area contributed by atoms with Crippen LogP contribution >= 0.6 is 15.9 Å². The Morgan fingerprint density at radius 2 is 1.59 bits per heavy atom. The second-order valence-corrected chi connectivity index (χ2v) is 10.3. The first kappa shape index (κ1) is 21.3. The molecule has 170 valence electrons. The molecule has 3 aliphatic carbocycles. The van der Waals surface area contributed by atoms with Crippen molar-refractivity contribution in [2.45, 2.75) is 23.6 Å². The number of halogens is 1. The minimum absolute atomic E-state index is 0.198. The maximum Gasteiger partial charge on any atom is 0.338 e. The van der Waals surface area contributed by atoms with E-state index in [0.717, 1.165) is 22.3 Å². The van der Waals surface area contributed by atoms with E-state index in [2.05, 4.69) is 28.1 Å². The van der Waals surface area contributed by atoms with Crippen molar-refractivity contribution in [2.75, 3.05) is 11.5 Å². The predicted octanol–water partition coefficient (Wildman–Crippen LogP) is 5.16. The molecular weight excluding hydrogens is 494 g/mol. The number of benzene rings is 3. The van der Waals surface area contributed by atoms with Gasteiger partial charge in [0.2, 0.25) is 11.8 Å². The Morgan fingerprint density at radius 3 is 2.24 bits per heavy atom. The summed E-state index contributed by atoms with van der Waals surface area (Å²) in [6, 6.07) is 22.7. The van der Waals surface area contributed by atoms with Crippen LogP contribution in [0, 0.1) is 11.8 Å². The van der Waals surface area contributed by atoms with Gasteiger partial charge in [-0.3, -0.25) is 9.59 Å². The highest BCUT2D eigenvalue weighted by molar-refractivity contribution is 9.09. The van der Waals surface area contributed by atoms with Gasteiger partial charge in [-0.1, -0.05) is 77.5 Å². The highest BCUT2D eigenvalue weighted by Gasteiger charge is 2.67. The van der Waals surface area contributed by atoms with Gasteiger partial charge in [0.25, 0.3) is 0 Å². The third-order valence-electron chi connectivity index (χ3n) is 7.29. The minimum atomic E-state index is -0.793. The van der Waals surface area contributed by atoms with Crippen molar-refractivity contribution in [1.82, 2.24) is 0 Å². The van der Waals surface area contributed by atoms with E-state index in [4.69, 9.17) is 4.74 Å². The van der Waals surface area contributed by atoms with Crippen LogP contribution in [0.2, 0.25) is 0 Å². The third kappa shape index (κ3) is 2.69. The van der Waals surface area contributed by atoms with Crippen LogP contribution in [0.5, 0.6) is 0 Å². The van der Waals surface area contributed by atoms with Crippen LogP contribution in [0.15, 0.2) is 72.8 Å². The first-order valence-corrected chi connectivity index (χ1v) is 12.3. The number of amides is 2. The summed E-state index contributed by atoms with van der Waals surface area (Å²) >= 11 is 4.00. The van der Waals surface area contributed by atoms with Gasteiger partial charge in [-0.2, -0.15) is 0 Å². The van der Waals surface area contributed by atoms with E-state index in [1.54, 1.807) is 24.3 Å². The van der Waals surface area contributed by atoms with Crippen molar-refractivity contribution in [3.8, 4) is 0 Å². The van der Waals surface area contributed by atoms with Gasteiger partial charge in [0, 0.05) is 5.92 Å². The number of carbonyl (C=O) groups excluding carboxylic acids is 3. The fraction of sp³-hybridized carbons (Fsp3) is 0.250. The molecule has 1 saturated heterocycles. The monoisotopic (exact) mass is 515 g/mol. The zero-order valence-corrected chi connectivity index (χ0v) is 20.1. The molecule has 0 unspecified atom stereocenters. The number of hydrogen-bond donors (Lipinski definition) is 0. The summed E-state index contributed by atoms with van der Waals surface area (Å²) in [7, 11) is 0. The molecule has 0 saturated carbocycles. The van der Waals surface area contributed by atoms with E-state index < -0.39 is 22.1 Å². The second kappa shape index (κ2) is 7.64. The summed E-state index contributed by atoms with van der Waals surface area (Å²) < 4.78 is 4.46. The van der Waals surface area contributed by atoms with Crippen molar-refractivity contribution in [2.24, 2.45) is 11.8 Å². The Balaban J connectivity index is 1.48. The zero-order chi connectivity index (χ0) is 23.6. The number of hydrogen-bond acceptors (Lipinski definition) is 4. The Bertz CT molecular complexity index is 1320. The lowest BCUT2D eigenvalue weighted by molar-refractivity contribution is -0.122. The molecule has 0 aromatic heterocycles. The summed E-state index contributed by atoms with van der Waals surface area (Å²) in [4.78, 5) is 41.6. The molecule has 5 nitrogen and oxygen atoms in total. The number of rotatable bonds is 4. The molecular formula is C28H22BrNO4. The predicted molar refractivity (Wildman–Crippen MR) is 131 cm³/mol. The lowest BCUT2D eigenvalue weighted by atomic mass is 9.55. The van der Waals surface area contributed by atoms with Crippen molar-refractivity contribution in [1.29, 1.82) is 0 Å². The quantitative estimate of drug-likeness (QED) is 0.273. The molecule has 2 atom stereocenters. The molecule has 0 spiro atoms. The molecule has 1 fully saturated rings. The minimum Gasteiger partial charge on any atom is -0.462 e. The maximum absolute atomic E-state index is 14.0. The van der Waals surface area contributed by atoms with Gasteiger partial charge < -0.3 is 4.74 Å². The first-order valence-electron chi connectivity index (χ1n) is 11.5. The van der Waals surface area contributed by atoms with Crippen molar-refractivity contribution >= 4 is 39.4 Å². The molecule has 3 aromatic rings. The molecule has 34 heavy (non-hydrogen) atoms. The van der Waals surface area contributed by atoms with Gasteiger partial charge in [-0.15, -0.1) is 0 Å².